The molecule has 1 nitrogen and oxygen atoms in total. The highest BCUT2D eigenvalue weighted by Crippen LogP contribution is 2.60. The molecule has 8 rings (SSSR count). The largest absolute Gasteiger partial charge is 0.309 e. The predicted molar refractivity (Wildman–Crippen MR) is 195 cm³/mol. The Labute approximate surface area is 274 Å². The van der Waals surface area contributed by atoms with Gasteiger partial charge < -0.3 is 4.90 Å². The van der Waals surface area contributed by atoms with Crippen LogP contribution >= 0.6 is 0 Å². The fourth-order valence-electron chi connectivity index (χ4n) is 8.25. The molecule has 46 heavy (non-hydrogen) atoms. The van der Waals surface area contributed by atoms with E-state index in [0.717, 1.165) is 0 Å². The van der Waals surface area contributed by atoms with Crippen LogP contribution in [0.2, 0.25) is 0 Å². The van der Waals surface area contributed by atoms with Crippen LogP contribution in [0, 0.1) is 6.92 Å². The predicted octanol–water partition coefficient (Wildman–Crippen LogP) is 12.2. The highest BCUT2D eigenvalue weighted by atomic mass is 15.2. The molecular formula is C45H41N. The summed E-state index contributed by atoms with van der Waals surface area (Å²) in [6, 6.07) is 49.9. The Morgan fingerprint density at radius 2 is 1.09 bits per heavy atom. The van der Waals surface area contributed by atoms with Gasteiger partial charge in [-0.2, -0.15) is 0 Å². The number of benzene rings is 6. The van der Waals surface area contributed by atoms with E-state index >= 15 is 0 Å². The van der Waals surface area contributed by atoms with Crippen LogP contribution in [0.4, 0.5) is 17.1 Å². The van der Waals surface area contributed by atoms with E-state index in [1.807, 2.05) is 0 Å². The molecule has 0 N–H and O–H groups in total. The van der Waals surface area contributed by atoms with Crippen molar-refractivity contribution in [2.45, 2.75) is 58.3 Å². The zero-order chi connectivity index (χ0) is 31.8. The van der Waals surface area contributed by atoms with Gasteiger partial charge in [-0.05, 0) is 74.7 Å². The molecule has 2 aliphatic rings. The molecule has 1 unspecified atom stereocenters. The molecule has 2 aliphatic heterocycles. The molecule has 2 heterocycles. The Morgan fingerprint density at radius 3 is 1.85 bits per heavy atom. The van der Waals surface area contributed by atoms with E-state index in [0.29, 0.717) is 0 Å². The van der Waals surface area contributed by atoms with Gasteiger partial charge in [-0.3, -0.25) is 0 Å². The number of rotatable bonds is 4. The Bertz CT molecular complexity index is 2150. The Balaban J connectivity index is 1.28. The lowest BCUT2D eigenvalue weighted by Gasteiger charge is -2.49. The molecule has 0 radical (unpaired) electrons. The van der Waals surface area contributed by atoms with Crippen LogP contribution in [0.25, 0.3) is 22.3 Å². The van der Waals surface area contributed by atoms with Gasteiger partial charge in [0.15, 0.2) is 0 Å². The lowest BCUT2D eigenvalue weighted by atomic mass is 9.66. The van der Waals surface area contributed by atoms with E-state index in [1.165, 1.54) is 78.3 Å². The van der Waals surface area contributed by atoms with Crippen molar-refractivity contribution < 1.29 is 0 Å². The third kappa shape index (κ3) is 4.14. The van der Waals surface area contributed by atoms with Crippen LogP contribution in [-0.4, -0.2) is 0 Å². The van der Waals surface area contributed by atoms with Crippen molar-refractivity contribution in [2.75, 3.05) is 4.90 Å². The van der Waals surface area contributed by atoms with Crippen molar-refractivity contribution >= 4 is 17.1 Å². The summed E-state index contributed by atoms with van der Waals surface area (Å²) < 4.78 is 0. The molecular weight excluding hydrogens is 555 g/mol. The number of aryl methyl sites for hydroxylation is 1. The van der Waals surface area contributed by atoms with Gasteiger partial charge in [0.05, 0.1) is 17.1 Å². The van der Waals surface area contributed by atoms with Crippen LogP contribution in [0.15, 0.2) is 133 Å². The van der Waals surface area contributed by atoms with E-state index in [9.17, 15) is 0 Å². The van der Waals surface area contributed by atoms with Gasteiger partial charge in [0, 0.05) is 16.7 Å². The van der Waals surface area contributed by atoms with Crippen LogP contribution in [0.5, 0.6) is 0 Å². The second-order valence-electron chi connectivity index (χ2n) is 14.3. The summed E-state index contributed by atoms with van der Waals surface area (Å²) in [5.74, 6) is 0.211. The fraction of sp³-hybridized carbons (Fsp3) is 0.200. The average Bonchev–Trinajstić information content (AvgIpc) is 3.07. The topological polar surface area (TPSA) is 3.24 Å². The molecule has 0 amide bonds. The van der Waals surface area contributed by atoms with Gasteiger partial charge >= 0.3 is 0 Å². The third-order valence-corrected chi connectivity index (χ3v) is 10.8. The number of nitrogens with zero attached hydrogens (tertiary/aromatic N) is 1. The number of anilines is 3. The van der Waals surface area contributed by atoms with Gasteiger partial charge in [0.1, 0.15) is 0 Å². The Hall–Kier alpha value is -4.88. The standard InChI is InChI=1S/C45H41N/c1-29-15-13-16-32(27-29)34-18-8-10-20-36(34)35-19-9-7-17-33(35)30(2)31-25-26-42-40(28-31)45(5,6)39-23-14-22-38-43(39)46(42)41-24-12-11-21-37(41)44(38,3)4/h7-28,30H,1-6H3. The molecule has 0 aromatic heterocycles. The lowest BCUT2D eigenvalue weighted by Crippen LogP contribution is -2.38. The van der Waals surface area contributed by atoms with E-state index in [2.05, 4.69) is 180 Å². The van der Waals surface area contributed by atoms with Gasteiger partial charge in [0.25, 0.3) is 0 Å². The first-order valence-corrected chi connectivity index (χ1v) is 16.6. The lowest BCUT2D eigenvalue weighted by molar-refractivity contribution is 0.596. The first kappa shape index (κ1) is 28.6. The third-order valence-electron chi connectivity index (χ3n) is 10.8. The number of hydrogen-bond donors (Lipinski definition) is 0. The minimum atomic E-state index is -0.146. The van der Waals surface area contributed by atoms with Gasteiger partial charge in [-0.15, -0.1) is 0 Å². The second kappa shape index (κ2) is 10.3. The zero-order valence-corrected chi connectivity index (χ0v) is 27.7. The first-order chi connectivity index (χ1) is 22.2. The summed E-state index contributed by atoms with van der Waals surface area (Å²) in [7, 11) is 0. The van der Waals surface area contributed by atoms with E-state index in [1.54, 1.807) is 0 Å². The van der Waals surface area contributed by atoms with Crippen molar-refractivity contribution in [1.29, 1.82) is 0 Å². The SMILES string of the molecule is Cc1cccc(-c2ccccc2-c2ccccc2C(C)c2ccc3c(c2)C(C)(C)c2cccc4c2N3c2ccccc2C4(C)C)c1. The van der Waals surface area contributed by atoms with Crippen LogP contribution in [0.1, 0.15) is 79.5 Å². The van der Waals surface area contributed by atoms with Crippen molar-refractivity contribution in [3.05, 3.63) is 172 Å². The van der Waals surface area contributed by atoms with Crippen LogP contribution in [0.3, 0.4) is 0 Å². The molecule has 1 heteroatoms. The van der Waals surface area contributed by atoms with Crippen molar-refractivity contribution in [2.24, 2.45) is 0 Å². The van der Waals surface area contributed by atoms with Gasteiger partial charge in [0.2, 0.25) is 0 Å². The minimum absolute atomic E-state index is 0.0705. The molecule has 0 aliphatic carbocycles. The number of hydrogen-bond acceptors (Lipinski definition) is 1. The molecule has 1 atom stereocenters. The molecule has 6 aromatic carbocycles. The van der Waals surface area contributed by atoms with E-state index in [4.69, 9.17) is 0 Å². The maximum atomic E-state index is 2.55. The summed E-state index contributed by atoms with van der Waals surface area (Å²) >= 11 is 0. The zero-order valence-electron chi connectivity index (χ0n) is 27.7. The Kier molecular flexibility index (Phi) is 6.41. The number of fused-ring (bicyclic) bond motifs is 4. The van der Waals surface area contributed by atoms with Crippen LogP contribution in [-0.2, 0) is 10.8 Å². The van der Waals surface area contributed by atoms with Crippen LogP contribution < -0.4 is 4.90 Å². The van der Waals surface area contributed by atoms with Crippen molar-refractivity contribution in [1.82, 2.24) is 0 Å². The summed E-state index contributed by atoms with van der Waals surface area (Å²) in [5.41, 5.74) is 18.4. The maximum absolute atomic E-state index is 2.55. The molecule has 0 saturated heterocycles. The van der Waals surface area contributed by atoms with Gasteiger partial charge in [-0.1, -0.05) is 162 Å². The minimum Gasteiger partial charge on any atom is -0.309 e. The Morgan fingerprint density at radius 1 is 0.500 bits per heavy atom. The first-order valence-electron chi connectivity index (χ1n) is 16.6. The summed E-state index contributed by atoms with van der Waals surface area (Å²) in [6.45, 7) is 14.1. The monoisotopic (exact) mass is 595 g/mol. The fourth-order valence-corrected chi connectivity index (χ4v) is 8.25. The van der Waals surface area contributed by atoms with E-state index < -0.39 is 0 Å². The summed E-state index contributed by atoms with van der Waals surface area (Å²) in [6.07, 6.45) is 0. The smallest absolute Gasteiger partial charge is 0.0543 e. The van der Waals surface area contributed by atoms with E-state index in [-0.39, 0.29) is 16.7 Å². The average molecular weight is 596 g/mol. The molecule has 0 bridgehead atoms. The van der Waals surface area contributed by atoms with Crippen molar-refractivity contribution in [3.63, 3.8) is 0 Å². The highest BCUT2D eigenvalue weighted by molar-refractivity contribution is 5.93. The normalized spacial score (nSPS) is 15.8. The number of para-hydroxylation sites is 2. The van der Waals surface area contributed by atoms with Crippen molar-refractivity contribution in [3.8, 4) is 22.3 Å². The molecule has 6 aromatic rings. The second-order valence-corrected chi connectivity index (χ2v) is 14.3. The molecule has 226 valence electrons. The maximum Gasteiger partial charge on any atom is 0.0543 e. The quantitative estimate of drug-likeness (QED) is 0.196. The molecule has 0 spiro atoms. The highest BCUT2D eigenvalue weighted by Gasteiger charge is 2.45. The van der Waals surface area contributed by atoms with Gasteiger partial charge in [-0.25, -0.2) is 0 Å². The molecule has 0 saturated carbocycles. The summed E-state index contributed by atoms with van der Waals surface area (Å²) in [4.78, 5) is 2.55. The summed E-state index contributed by atoms with van der Waals surface area (Å²) in [5, 5.41) is 0. The molecule has 0 fully saturated rings.